The Morgan fingerprint density at radius 1 is 1.54 bits per heavy atom. The normalized spacial score (nSPS) is 12.6. The van der Waals surface area contributed by atoms with Crippen LogP contribution in [-0.4, -0.2) is 44.2 Å². The van der Waals surface area contributed by atoms with Crippen molar-refractivity contribution in [3.63, 3.8) is 0 Å². The third-order valence-electron chi connectivity index (χ3n) is 1.31. The monoisotopic (exact) mass is 207 g/mol. The van der Waals surface area contributed by atoms with E-state index >= 15 is 0 Å². The van der Waals surface area contributed by atoms with Crippen molar-refractivity contribution < 1.29 is 26.4 Å². The third-order valence-corrected chi connectivity index (χ3v) is 1.31. The van der Waals surface area contributed by atoms with E-state index in [2.05, 4.69) is 6.58 Å². The van der Waals surface area contributed by atoms with Crippen molar-refractivity contribution in [3.05, 3.63) is 12.7 Å². The second-order valence-electron chi connectivity index (χ2n) is 3.86. The molecule has 0 aromatic heterocycles. The van der Waals surface area contributed by atoms with Crippen molar-refractivity contribution in [2.24, 2.45) is 0 Å². The van der Waals surface area contributed by atoms with Gasteiger partial charge in [0.1, 0.15) is 6.54 Å². The first-order valence-electron chi connectivity index (χ1n) is 3.95. The van der Waals surface area contributed by atoms with E-state index in [1.54, 1.807) is 6.08 Å². The highest BCUT2D eigenvalue weighted by Crippen LogP contribution is 2.00. The molecule has 13 heavy (non-hydrogen) atoms. The zero-order valence-electron chi connectivity index (χ0n) is 8.71. The van der Waals surface area contributed by atoms with Crippen molar-refractivity contribution in [2.45, 2.75) is 13.0 Å². The Bertz CT molecular complexity index is 175. The van der Waals surface area contributed by atoms with Gasteiger partial charge in [-0.05, 0) is 6.08 Å². The lowest BCUT2D eigenvalue weighted by atomic mass is 10.3. The van der Waals surface area contributed by atoms with E-state index in [9.17, 15) is 4.79 Å². The molecule has 0 N–H and O–H groups in total. The summed E-state index contributed by atoms with van der Waals surface area (Å²) in [5.74, 6) is -0.256. The maximum atomic E-state index is 10.6. The molecule has 3 nitrogen and oxygen atoms in total. The van der Waals surface area contributed by atoms with E-state index in [0.29, 0.717) is 0 Å². The Kier molecular flexibility index (Phi) is 6.90. The molecule has 4 heteroatoms. The summed E-state index contributed by atoms with van der Waals surface area (Å²) < 4.78 is 5.76. The highest BCUT2D eigenvalue weighted by atomic mass is 35.5. The van der Waals surface area contributed by atoms with Crippen LogP contribution in [0.25, 0.3) is 0 Å². The van der Waals surface area contributed by atoms with Gasteiger partial charge in [0.15, 0.2) is 6.10 Å². The smallest absolute Gasteiger partial charge is 0.303 e. The summed E-state index contributed by atoms with van der Waals surface area (Å²) in [4.78, 5) is 10.6. The molecule has 0 radical (unpaired) electrons. The van der Waals surface area contributed by atoms with Crippen LogP contribution in [0.5, 0.6) is 0 Å². The number of hydrogen-bond acceptors (Lipinski definition) is 2. The molecule has 0 saturated heterocycles. The first kappa shape index (κ1) is 15.0. The number of nitrogens with zero attached hydrogens (tertiary/aromatic N) is 1. The minimum atomic E-state index is -0.256. The van der Waals surface area contributed by atoms with Crippen LogP contribution in [0, 0.1) is 0 Å². The number of carbonyl (C=O) groups is 1. The molecule has 0 aliphatic heterocycles. The van der Waals surface area contributed by atoms with Gasteiger partial charge in [-0.3, -0.25) is 4.79 Å². The van der Waals surface area contributed by atoms with Gasteiger partial charge in [0.05, 0.1) is 21.1 Å². The zero-order valence-corrected chi connectivity index (χ0v) is 9.47. The number of halogens is 1. The van der Waals surface area contributed by atoms with Gasteiger partial charge in [-0.1, -0.05) is 6.58 Å². The van der Waals surface area contributed by atoms with Gasteiger partial charge >= 0.3 is 5.97 Å². The lowest BCUT2D eigenvalue weighted by molar-refractivity contribution is -0.872. The highest BCUT2D eigenvalue weighted by Gasteiger charge is 2.16. The fourth-order valence-electron chi connectivity index (χ4n) is 0.913. The maximum absolute atomic E-state index is 10.6. The summed E-state index contributed by atoms with van der Waals surface area (Å²) in [5.41, 5.74) is 0. The van der Waals surface area contributed by atoms with Crippen LogP contribution in [0.1, 0.15) is 6.92 Å². The Labute approximate surface area is 86.4 Å². The van der Waals surface area contributed by atoms with Crippen LogP contribution in [0.15, 0.2) is 12.7 Å². The number of likely N-dealkylation sites (N-methyl/N-ethyl adjacent to an activating group) is 1. The van der Waals surface area contributed by atoms with E-state index in [4.69, 9.17) is 4.74 Å². The summed E-state index contributed by atoms with van der Waals surface area (Å²) >= 11 is 0. The second kappa shape index (κ2) is 6.00. The van der Waals surface area contributed by atoms with Gasteiger partial charge < -0.3 is 21.6 Å². The minimum absolute atomic E-state index is 0. The molecule has 0 heterocycles. The Hall–Kier alpha value is -0.540. The van der Waals surface area contributed by atoms with Gasteiger partial charge in [0.2, 0.25) is 0 Å². The maximum Gasteiger partial charge on any atom is 0.303 e. The standard InChI is InChI=1S/C9H18NO2.ClH/c1-6-9(12-8(2)11)7-10(3,4)5;/h6,9H,1,7H2,2-5H3;1H/q+1;/p-1. The second-order valence-corrected chi connectivity index (χ2v) is 3.86. The highest BCUT2D eigenvalue weighted by molar-refractivity contribution is 5.66. The summed E-state index contributed by atoms with van der Waals surface area (Å²) in [5, 5.41) is 0. The zero-order chi connectivity index (χ0) is 9.78. The predicted octanol–water partition coefficient (Wildman–Crippen LogP) is -2.19. The third kappa shape index (κ3) is 9.37. The molecular weight excluding hydrogens is 190 g/mol. The SMILES string of the molecule is C=CC(C[N+](C)(C)C)OC(C)=O.[Cl-]. The van der Waals surface area contributed by atoms with Crippen molar-refractivity contribution in [1.82, 2.24) is 0 Å². The van der Waals surface area contributed by atoms with Crippen molar-refractivity contribution in [1.29, 1.82) is 0 Å². The molecule has 0 spiro atoms. The molecule has 1 atom stereocenters. The Morgan fingerprint density at radius 3 is 2.23 bits per heavy atom. The van der Waals surface area contributed by atoms with Gasteiger partial charge in [0, 0.05) is 6.92 Å². The lowest BCUT2D eigenvalue weighted by Crippen LogP contribution is -3.00. The fourth-order valence-corrected chi connectivity index (χ4v) is 0.913. The molecular formula is C9H18ClNO2. The predicted molar refractivity (Wildman–Crippen MR) is 48.7 cm³/mol. The average Bonchev–Trinajstić information content (AvgIpc) is 1.82. The first-order valence-corrected chi connectivity index (χ1v) is 3.95. The van der Waals surface area contributed by atoms with Crippen LogP contribution in [0.4, 0.5) is 0 Å². The van der Waals surface area contributed by atoms with Gasteiger partial charge in [-0.15, -0.1) is 0 Å². The first-order chi connectivity index (χ1) is 5.35. The number of rotatable bonds is 4. The summed E-state index contributed by atoms with van der Waals surface area (Å²) in [6, 6.07) is 0. The van der Waals surface area contributed by atoms with Gasteiger partial charge in [0.25, 0.3) is 0 Å². The quantitative estimate of drug-likeness (QED) is 0.298. The van der Waals surface area contributed by atoms with Crippen molar-refractivity contribution >= 4 is 5.97 Å². The fraction of sp³-hybridized carbons (Fsp3) is 0.667. The largest absolute Gasteiger partial charge is 1.00 e. The van der Waals surface area contributed by atoms with Crippen LogP contribution in [-0.2, 0) is 9.53 Å². The van der Waals surface area contributed by atoms with E-state index in [0.717, 1.165) is 11.0 Å². The molecule has 1 unspecified atom stereocenters. The van der Waals surface area contributed by atoms with E-state index < -0.39 is 0 Å². The summed E-state index contributed by atoms with van der Waals surface area (Å²) in [6.45, 7) is 5.77. The Balaban J connectivity index is 0. The number of carbonyl (C=O) groups excluding carboxylic acids is 1. The van der Waals surface area contributed by atoms with E-state index in [1.165, 1.54) is 6.92 Å². The average molecular weight is 208 g/mol. The molecule has 0 amide bonds. The number of ether oxygens (including phenoxy) is 1. The lowest BCUT2D eigenvalue weighted by Gasteiger charge is -2.27. The molecule has 0 bridgehead atoms. The van der Waals surface area contributed by atoms with E-state index in [1.807, 2.05) is 21.1 Å². The topological polar surface area (TPSA) is 26.3 Å². The summed E-state index contributed by atoms with van der Waals surface area (Å²) in [6.07, 6.45) is 1.48. The molecule has 0 aromatic carbocycles. The molecule has 0 aliphatic rings. The Morgan fingerprint density at radius 2 is 2.00 bits per heavy atom. The van der Waals surface area contributed by atoms with E-state index in [-0.39, 0.29) is 24.5 Å². The summed E-state index contributed by atoms with van der Waals surface area (Å²) in [7, 11) is 6.12. The van der Waals surface area contributed by atoms with Crippen LogP contribution in [0.2, 0.25) is 0 Å². The molecule has 0 aromatic rings. The van der Waals surface area contributed by atoms with Gasteiger partial charge in [-0.2, -0.15) is 0 Å². The number of quaternary nitrogens is 1. The molecule has 0 saturated carbocycles. The molecule has 0 rings (SSSR count). The van der Waals surface area contributed by atoms with Crippen LogP contribution < -0.4 is 12.4 Å². The molecule has 0 fully saturated rings. The minimum Gasteiger partial charge on any atom is -1.00 e. The number of hydrogen-bond donors (Lipinski definition) is 0. The van der Waals surface area contributed by atoms with Crippen LogP contribution in [0.3, 0.4) is 0 Å². The van der Waals surface area contributed by atoms with Gasteiger partial charge in [-0.25, -0.2) is 0 Å². The van der Waals surface area contributed by atoms with Crippen LogP contribution >= 0.6 is 0 Å². The van der Waals surface area contributed by atoms with Crippen molar-refractivity contribution in [3.8, 4) is 0 Å². The molecule has 0 aliphatic carbocycles. The number of esters is 1. The molecule has 78 valence electrons. The van der Waals surface area contributed by atoms with Crippen molar-refractivity contribution in [2.75, 3.05) is 27.7 Å².